The molecular weight excluding hydrogens is 344 g/mol. The summed E-state index contributed by atoms with van der Waals surface area (Å²) in [6.45, 7) is 7.00. The summed E-state index contributed by atoms with van der Waals surface area (Å²) in [6.07, 6.45) is 15.9. The van der Waals surface area contributed by atoms with Gasteiger partial charge in [-0.1, -0.05) is 26.7 Å². The van der Waals surface area contributed by atoms with Crippen LogP contribution in [-0.4, -0.2) is 15.6 Å². The number of carbonyl (C=O) groups is 1. The standard InChI is InChI=1S/C25H36N2O/c1-16-18(15-26-27(16)4)13-17-14-22-20-9-8-19-7-5-6-11-24(19,2)21(20)10-12-25(22,3)23(17)28/h13,15,19-22H,5-12,14H2,1-4H3/b17-13+/t19-,20+,21-,22-,24+,25+/m1/s1. The van der Waals surface area contributed by atoms with E-state index < -0.39 is 0 Å². The van der Waals surface area contributed by atoms with Crippen LogP contribution in [0.25, 0.3) is 6.08 Å². The van der Waals surface area contributed by atoms with Gasteiger partial charge in [0.25, 0.3) is 0 Å². The van der Waals surface area contributed by atoms with Crippen LogP contribution in [0.2, 0.25) is 0 Å². The monoisotopic (exact) mass is 380 g/mol. The lowest BCUT2D eigenvalue weighted by atomic mass is 9.45. The van der Waals surface area contributed by atoms with Gasteiger partial charge in [-0.15, -0.1) is 0 Å². The molecule has 6 atom stereocenters. The van der Waals surface area contributed by atoms with Crippen LogP contribution >= 0.6 is 0 Å². The van der Waals surface area contributed by atoms with Gasteiger partial charge in [0.2, 0.25) is 0 Å². The van der Waals surface area contributed by atoms with Gasteiger partial charge in [0.15, 0.2) is 5.78 Å². The van der Waals surface area contributed by atoms with E-state index in [2.05, 4.69) is 31.9 Å². The molecule has 4 fully saturated rings. The van der Waals surface area contributed by atoms with E-state index in [-0.39, 0.29) is 5.41 Å². The number of nitrogens with zero attached hydrogens (tertiary/aromatic N) is 2. The van der Waals surface area contributed by atoms with Crippen LogP contribution in [-0.2, 0) is 11.8 Å². The topological polar surface area (TPSA) is 34.9 Å². The van der Waals surface area contributed by atoms with Crippen molar-refractivity contribution in [2.24, 2.45) is 41.5 Å². The minimum Gasteiger partial charge on any atom is -0.294 e. The SMILES string of the molecule is Cc1c(/C=C2\C[C@@H]3[C@H]4CC[C@H]5CCCC[C@]5(C)[C@@H]4CC[C@]3(C)C2=O)cnn1C. The molecule has 0 amide bonds. The van der Waals surface area contributed by atoms with Crippen molar-refractivity contribution < 1.29 is 4.79 Å². The summed E-state index contributed by atoms with van der Waals surface area (Å²) in [6, 6.07) is 0. The second kappa shape index (κ2) is 6.31. The second-order valence-electron chi connectivity index (χ2n) is 10.9. The minimum atomic E-state index is -0.124. The maximum Gasteiger partial charge on any atom is 0.165 e. The summed E-state index contributed by atoms with van der Waals surface area (Å²) in [4.78, 5) is 13.5. The molecule has 0 unspecified atom stereocenters. The zero-order valence-electron chi connectivity index (χ0n) is 18.1. The quantitative estimate of drug-likeness (QED) is 0.584. The zero-order chi connectivity index (χ0) is 19.7. The highest BCUT2D eigenvalue weighted by Gasteiger charge is 2.60. The van der Waals surface area contributed by atoms with E-state index in [1.165, 1.54) is 44.9 Å². The van der Waals surface area contributed by atoms with E-state index in [1.54, 1.807) is 0 Å². The Bertz CT molecular complexity index is 836. The molecule has 0 radical (unpaired) electrons. The van der Waals surface area contributed by atoms with Gasteiger partial charge in [0.05, 0.1) is 6.20 Å². The molecule has 0 aromatic carbocycles. The molecular formula is C25H36N2O. The summed E-state index contributed by atoms with van der Waals surface area (Å²) < 4.78 is 1.90. The van der Waals surface area contributed by atoms with Crippen LogP contribution in [0.3, 0.4) is 0 Å². The van der Waals surface area contributed by atoms with Gasteiger partial charge in [-0.2, -0.15) is 5.10 Å². The van der Waals surface area contributed by atoms with E-state index in [1.807, 2.05) is 17.9 Å². The highest BCUT2D eigenvalue weighted by atomic mass is 16.1. The van der Waals surface area contributed by atoms with Crippen LogP contribution in [0.1, 0.15) is 82.9 Å². The molecule has 4 saturated carbocycles. The summed E-state index contributed by atoms with van der Waals surface area (Å²) >= 11 is 0. The van der Waals surface area contributed by atoms with Crippen molar-refractivity contribution in [1.82, 2.24) is 9.78 Å². The Labute approximate surface area is 170 Å². The molecule has 0 spiro atoms. The van der Waals surface area contributed by atoms with Crippen molar-refractivity contribution >= 4 is 11.9 Å². The van der Waals surface area contributed by atoms with Crippen LogP contribution < -0.4 is 0 Å². The number of carbonyl (C=O) groups excluding carboxylic acids is 1. The highest BCUT2D eigenvalue weighted by Crippen LogP contribution is 2.66. The molecule has 3 nitrogen and oxygen atoms in total. The Hall–Kier alpha value is -1.38. The highest BCUT2D eigenvalue weighted by molar-refractivity contribution is 6.06. The van der Waals surface area contributed by atoms with E-state index in [9.17, 15) is 4.79 Å². The van der Waals surface area contributed by atoms with Crippen LogP contribution in [0, 0.1) is 41.4 Å². The lowest BCUT2D eigenvalue weighted by molar-refractivity contribution is -0.137. The Morgan fingerprint density at radius 2 is 1.93 bits per heavy atom. The molecule has 4 aliphatic carbocycles. The molecule has 0 bridgehead atoms. The third kappa shape index (κ3) is 2.47. The molecule has 0 N–H and O–H groups in total. The first-order valence-electron chi connectivity index (χ1n) is 11.6. The lowest BCUT2D eigenvalue weighted by Crippen LogP contribution is -2.52. The maximum absolute atomic E-state index is 13.5. The number of allylic oxidation sites excluding steroid dienone is 1. The molecule has 1 heterocycles. The van der Waals surface area contributed by atoms with Gasteiger partial charge in [-0.05, 0) is 92.6 Å². The fourth-order valence-electron chi connectivity index (χ4n) is 7.94. The van der Waals surface area contributed by atoms with Gasteiger partial charge in [0, 0.05) is 23.7 Å². The molecule has 152 valence electrons. The first-order chi connectivity index (χ1) is 13.3. The summed E-state index contributed by atoms with van der Waals surface area (Å²) in [7, 11) is 1.98. The number of aryl methyl sites for hydroxylation is 1. The van der Waals surface area contributed by atoms with Gasteiger partial charge >= 0.3 is 0 Å². The third-order valence-corrected chi connectivity index (χ3v) is 9.83. The first kappa shape index (κ1) is 18.6. The van der Waals surface area contributed by atoms with Gasteiger partial charge in [-0.3, -0.25) is 9.48 Å². The fourth-order valence-corrected chi connectivity index (χ4v) is 7.94. The average Bonchev–Trinajstić information content (AvgIpc) is 3.13. The van der Waals surface area contributed by atoms with E-state index >= 15 is 0 Å². The maximum atomic E-state index is 13.5. The van der Waals surface area contributed by atoms with Crippen LogP contribution in [0.4, 0.5) is 0 Å². The van der Waals surface area contributed by atoms with Crippen LogP contribution in [0.5, 0.6) is 0 Å². The molecule has 4 aliphatic rings. The number of aromatic nitrogens is 2. The van der Waals surface area contributed by atoms with Crippen molar-refractivity contribution in [3.8, 4) is 0 Å². The molecule has 1 aromatic heterocycles. The fraction of sp³-hybridized carbons (Fsp3) is 0.760. The Morgan fingerprint density at radius 3 is 2.68 bits per heavy atom. The molecule has 28 heavy (non-hydrogen) atoms. The Morgan fingerprint density at radius 1 is 1.11 bits per heavy atom. The number of fused-ring (bicyclic) bond motifs is 5. The summed E-state index contributed by atoms with van der Waals surface area (Å²) in [5, 5.41) is 4.37. The minimum absolute atomic E-state index is 0.124. The number of Topliss-reactive ketones (excluding diaryl/α,β-unsaturated/α-hetero) is 1. The van der Waals surface area contributed by atoms with Crippen molar-refractivity contribution in [3.05, 3.63) is 23.0 Å². The predicted octanol–water partition coefficient (Wildman–Crippen LogP) is 5.72. The number of hydrogen-bond acceptors (Lipinski definition) is 2. The largest absolute Gasteiger partial charge is 0.294 e. The number of hydrogen-bond donors (Lipinski definition) is 0. The predicted molar refractivity (Wildman–Crippen MR) is 113 cm³/mol. The Balaban J connectivity index is 1.47. The van der Waals surface area contributed by atoms with Crippen molar-refractivity contribution in [1.29, 1.82) is 0 Å². The smallest absolute Gasteiger partial charge is 0.165 e. The normalized spacial score (nSPS) is 44.3. The second-order valence-corrected chi connectivity index (χ2v) is 10.9. The first-order valence-corrected chi connectivity index (χ1v) is 11.6. The van der Waals surface area contributed by atoms with Crippen molar-refractivity contribution in [3.63, 3.8) is 0 Å². The van der Waals surface area contributed by atoms with Gasteiger partial charge in [0.1, 0.15) is 0 Å². The van der Waals surface area contributed by atoms with Gasteiger partial charge in [-0.25, -0.2) is 0 Å². The molecule has 5 rings (SSSR count). The van der Waals surface area contributed by atoms with Crippen molar-refractivity contribution in [2.45, 2.75) is 78.6 Å². The van der Waals surface area contributed by atoms with Crippen molar-refractivity contribution in [2.75, 3.05) is 0 Å². The van der Waals surface area contributed by atoms with E-state index in [0.717, 1.165) is 47.4 Å². The summed E-state index contributed by atoms with van der Waals surface area (Å²) in [5.41, 5.74) is 3.75. The number of ketones is 1. The third-order valence-electron chi connectivity index (χ3n) is 9.83. The van der Waals surface area contributed by atoms with E-state index in [4.69, 9.17) is 0 Å². The molecule has 0 aliphatic heterocycles. The Kier molecular flexibility index (Phi) is 4.20. The zero-order valence-corrected chi connectivity index (χ0v) is 18.1. The number of rotatable bonds is 1. The molecule has 0 saturated heterocycles. The summed E-state index contributed by atoms with van der Waals surface area (Å²) in [5.74, 6) is 3.54. The van der Waals surface area contributed by atoms with E-state index in [0.29, 0.717) is 17.1 Å². The van der Waals surface area contributed by atoms with Gasteiger partial charge < -0.3 is 0 Å². The average molecular weight is 381 g/mol. The molecule has 3 heteroatoms. The molecule has 1 aromatic rings. The lowest BCUT2D eigenvalue weighted by Gasteiger charge is -2.59. The van der Waals surface area contributed by atoms with Crippen LogP contribution in [0.15, 0.2) is 11.8 Å².